The molecule has 0 atom stereocenters. The van der Waals surface area contributed by atoms with Crippen LogP contribution in [0.15, 0.2) is 101 Å². The summed E-state index contributed by atoms with van der Waals surface area (Å²) in [5.41, 5.74) is -6.79. The number of fused-ring (bicyclic) bond motifs is 2. The van der Waals surface area contributed by atoms with E-state index in [9.17, 15) is 26.3 Å². The topological polar surface area (TPSA) is 147 Å². The Kier molecular flexibility index (Phi) is 14.5. The quantitative estimate of drug-likeness (QED) is 0.0579. The molecule has 2 aromatic carbocycles. The van der Waals surface area contributed by atoms with Crippen LogP contribution in [0.4, 0.5) is 26.3 Å². The van der Waals surface area contributed by atoms with Crippen molar-refractivity contribution in [3.8, 4) is 0 Å². The van der Waals surface area contributed by atoms with Crippen LogP contribution in [-0.2, 0) is 48.8 Å². The van der Waals surface area contributed by atoms with E-state index in [0.29, 0.717) is 0 Å². The predicted molar refractivity (Wildman–Crippen MR) is 162 cm³/mol. The van der Waals surface area contributed by atoms with E-state index in [1.807, 2.05) is 24.5 Å². The third-order valence-corrected chi connectivity index (χ3v) is 8.72. The average Bonchev–Trinajstić information content (AvgIpc) is 2.98. The van der Waals surface area contributed by atoms with Crippen LogP contribution in [0, 0.1) is 0 Å². The van der Waals surface area contributed by atoms with Gasteiger partial charge >= 0.3 is 48.3 Å². The summed E-state index contributed by atoms with van der Waals surface area (Å²) in [5.74, 6) is 1.65. The summed E-state index contributed by atoms with van der Waals surface area (Å²) in [7, 11) is -11.7. The number of aromatic nitrogens is 3. The smallest absolute Gasteiger partial charge is 0.279 e. The van der Waals surface area contributed by atoms with Gasteiger partial charge in [0.05, 0.1) is 22.4 Å². The molecule has 5 aromatic rings. The summed E-state index contributed by atoms with van der Waals surface area (Å²) < 4.78 is 115. The van der Waals surface area contributed by atoms with Crippen LogP contribution in [-0.4, -0.2) is 51.9 Å². The Bertz CT molecular complexity index is 1870. The van der Waals surface area contributed by atoms with Crippen LogP contribution >= 0.6 is 23.5 Å². The summed E-state index contributed by atoms with van der Waals surface area (Å²) in [6.45, 7) is 0. The SMILES string of the molecule is O=S(=O)(O)C(F)(F)F.O=S(=O)(O)C(F)(F)F.[Mn+2].c1cc(CSc2cccc3cccnc23)nc(CSc2cccc3cccnc23)c1. The van der Waals surface area contributed by atoms with Gasteiger partial charge in [-0.2, -0.15) is 43.2 Å². The van der Waals surface area contributed by atoms with Crippen LogP contribution < -0.4 is 0 Å². The van der Waals surface area contributed by atoms with Crippen molar-refractivity contribution in [3.05, 3.63) is 103 Å². The van der Waals surface area contributed by atoms with Gasteiger partial charge in [0.15, 0.2) is 0 Å². The van der Waals surface area contributed by atoms with Gasteiger partial charge in [0, 0.05) is 44.5 Å². The van der Waals surface area contributed by atoms with Crippen LogP contribution in [0.2, 0.25) is 0 Å². The fourth-order valence-electron chi connectivity index (χ4n) is 3.38. The minimum Gasteiger partial charge on any atom is -0.279 e. The fourth-order valence-corrected chi connectivity index (χ4v) is 5.27. The largest absolute Gasteiger partial charge is 2.00 e. The van der Waals surface area contributed by atoms with Crippen molar-refractivity contribution in [2.75, 3.05) is 0 Å². The van der Waals surface area contributed by atoms with E-state index < -0.39 is 31.3 Å². The molecule has 3 heterocycles. The molecule has 0 spiro atoms. The number of pyridine rings is 3. The second kappa shape index (κ2) is 16.9. The second-order valence-corrected chi connectivity index (χ2v) is 13.6. The first-order valence-electron chi connectivity index (χ1n) is 12.3. The molecule has 20 heteroatoms. The molecule has 0 bridgehead atoms. The minimum absolute atomic E-state index is 0. The number of alkyl halides is 6. The van der Waals surface area contributed by atoms with Crippen molar-refractivity contribution in [1.29, 1.82) is 0 Å². The van der Waals surface area contributed by atoms with E-state index in [1.165, 1.54) is 20.6 Å². The van der Waals surface area contributed by atoms with Gasteiger partial charge in [-0.25, -0.2) is 0 Å². The van der Waals surface area contributed by atoms with E-state index in [4.69, 9.17) is 30.9 Å². The van der Waals surface area contributed by atoms with Crippen LogP contribution in [0.5, 0.6) is 0 Å². The normalized spacial score (nSPS) is 11.9. The van der Waals surface area contributed by atoms with Gasteiger partial charge in [-0.05, 0) is 36.4 Å². The first-order chi connectivity index (χ1) is 21.4. The van der Waals surface area contributed by atoms with Gasteiger partial charge in [-0.1, -0.05) is 42.5 Å². The standard InChI is InChI=1S/C25H19N3S2.2CHF3O3S.Mn/c1-6-18-8-4-14-26-24(18)22(12-1)29-16-20-10-3-11-21(28-20)17-30-23-13-2-7-19-9-5-15-27-25(19)23;2*2-1(3,4)8(5,6)7;/h1-15H,16-17H2;2*(H,5,6,7);/q;;;+2. The van der Waals surface area contributed by atoms with Crippen molar-refractivity contribution in [3.63, 3.8) is 0 Å². The Morgan fingerprint density at radius 3 is 1.23 bits per heavy atom. The molecular weight excluding hydrogens is 760 g/mol. The molecule has 47 heavy (non-hydrogen) atoms. The summed E-state index contributed by atoms with van der Waals surface area (Å²) >= 11 is 3.57. The molecule has 0 aliphatic heterocycles. The van der Waals surface area contributed by atoms with Crippen LogP contribution in [0.1, 0.15) is 11.4 Å². The minimum atomic E-state index is -5.84. The zero-order valence-electron chi connectivity index (χ0n) is 23.2. The molecule has 3 aromatic heterocycles. The third kappa shape index (κ3) is 12.2. The Hall–Kier alpha value is -2.97. The van der Waals surface area contributed by atoms with Crippen molar-refractivity contribution in [2.45, 2.75) is 32.3 Å². The number of halogens is 6. The number of hydrogen-bond acceptors (Lipinski definition) is 9. The number of para-hydroxylation sites is 2. The molecule has 1 radical (unpaired) electrons. The maximum atomic E-state index is 10.7. The summed E-state index contributed by atoms with van der Waals surface area (Å²) in [5, 5.41) is 2.34. The van der Waals surface area contributed by atoms with E-state index in [2.05, 4.69) is 76.7 Å². The molecule has 0 saturated heterocycles. The Morgan fingerprint density at radius 2 is 0.894 bits per heavy atom. The zero-order valence-corrected chi connectivity index (χ0v) is 27.7. The molecule has 251 valence electrons. The van der Waals surface area contributed by atoms with Crippen LogP contribution in [0.3, 0.4) is 0 Å². The van der Waals surface area contributed by atoms with Crippen molar-refractivity contribution >= 4 is 65.6 Å². The van der Waals surface area contributed by atoms with Gasteiger partial charge in [0.1, 0.15) is 0 Å². The summed E-state index contributed by atoms with van der Waals surface area (Å²) in [4.78, 5) is 16.4. The molecule has 0 fully saturated rings. The number of rotatable bonds is 6. The number of hydrogen-bond donors (Lipinski definition) is 2. The molecule has 0 amide bonds. The molecule has 2 N–H and O–H groups in total. The fraction of sp³-hybridized carbons (Fsp3) is 0.148. The van der Waals surface area contributed by atoms with Gasteiger partial charge in [-0.15, -0.1) is 23.5 Å². The second-order valence-electron chi connectivity index (χ2n) is 8.70. The Labute approximate surface area is 283 Å². The van der Waals surface area contributed by atoms with Gasteiger partial charge in [0.2, 0.25) is 0 Å². The molecule has 9 nitrogen and oxygen atoms in total. The van der Waals surface area contributed by atoms with E-state index in [0.717, 1.165) is 33.9 Å². The molecule has 5 rings (SSSR count). The van der Waals surface area contributed by atoms with Crippen molar-refractivity contribution in [1.82, 2.24) is 15.0 Å². The van der Waals surface area contributed by atoms with Crippen molar-refractivity contribution in [2.24, 2.45) is 0 Å². The molecule has 0 aliphatic carbocycles. The van der Waals surface area contributed by atoms with Gasteiger partial charge < -0.3 is 0 Å². The average molecular weight is 781 g/mol. The Morgan fingerprint density at radius 1 is 0.574 bits per heavy atom. The summed E-state index contributed by atoms with van der Waals surface area (Å²) in [6.07, 6.45) is 3.70. The maximum Gasteiger partial charge on any atom is 2.00 e. The predicted octanol–water partition coefficient (Wildman–Crippen LogP) is 7.55. The van der Waals surface area contributed by atoms with E-state index in [-0.39, 0.29) is 17.1 Å². The first-order valence-corrected chi connectivity index (χ1v) is 17.2. The van der Waals surface area contributed by atoms with Gasteiger partial charge in [0.25, 0.3) is 0 Å². The molecule has 0 unspecified atom stereocenters. The maximum absolute atomic E-state index is 10.7. The molecular formula is C27H21F6MnN3O6S4+2. The van der Waals surface area contributed by atoms with Crippen LogP contribution in [0.25, 0.3) is 21.8 Å². The monoisotopic (exact) mass is 780 g/mol. The van der Waals surface area contributed by atoms with E-state index in [1.54, 1.807) is 23.5 Å². The zero-order chi connectivity index (χ0) is 34.2. The number of nitrogens with zero attached hydrogens (tertiary/aromatic N) is 3. The number of thioether (sulfide) groups is 2. The van der Waals surface area contributed by atoms with Gasteiger partial charge in [-0.3, -0.25) is 24.1 Å². The van der Waals surface area contributed by atoms with E-state index >= 15 is 0 Å². The third-order valence-electron chi connectivity index (χ3n) is 5.39. The molecule has 0 saturated carbocycles. The number of benzene rings is 2. The first kappa shape index (κ1) is 40.2. The van der Waals surface area contributed by atoms with Crippen molar-refractivity contribution < 1.29 is 69.4 Å². The Balaban J connectivity index is 0.000000377. The summed E-state index contributed by atoms with van der Waals surface area (Å²) in [6, 6.07) is 27.1. The molecule has 0 aliphatic rings.